The highest BCUT2D eigenvalue weighted by Crippen LogP contribution is 2.17. The monoisotopic (exact) mass is 269 g/mol. The highest BCUT2D eigenvalue weighted by atomic mass is 16.4. The van der Waals surface area contributed by atoms with E-state index in [4.69, 9.17) is 10.2 Å². The molecule has 0 aliphatic heterocycles. The molecule has 5 nitrogen and oxygen atoms in total. The summed E-state index contributed by atoms with van der Waals surface area (Å²) >= 11 is 0. The van der Waals surface area contributed by atoms with Crippen LogP contribution in [0.1, 0.15) is 11.1 Å². The van der Waals surface area contributed by atoms with Gasteiger partial charge in [-0.2, -0.15) is 0 Å². The summed E-state index contributed by atoms with van der Waals surface area (Å²) in [5.41, 5.74) is 10.0. The van der Waals surface area contributed by atoms with Crippen molar-refractivity contribution in [3.63, 3.8) is 0 Å². The molecule has 0 aliphatic rings. The van der Waals surface area contributed by atoms with Crippen molar-refractivity contribution in [2.24, 2.45) is 5.73 Å². The van der Waals surface area contributed by atoms with Gasteiger partial charge in [0.1, 0.15) is 0 Å². The van der Waals surface area contributed by atoms with Gasteiger partial charge in [-0.1, -0.05) is 24.3 Å². The highest BCUT2D eigenvalue weighted by Gasteiger charge is 2.02. The Kier molecular flexibility index (Phi) is 3.26. The molecular formula is C15H15N3O2. The summed E-state index contributed by atoms with van der Waals surface area (Å²) in [4.78, 5) is 13.7. The van der Waals surface area contributed by atoms with E-state index < -0.39 is 5.76 Å². The van der Waals surface area contributed by atoms with E-state index in [1.165, 1.54) is 0 Å². The van der Waals surface area contributed by atoms with Crippen molar-refractivity contribution in [3.05, 3.63) is 64.1 Å². The molecule has 3 aromatic rings. The summed E-state index contributed by atoms with van der Waals surface area (Å²) in [6.45, 7) is 1.25. The predicted octanol–water partition coefficient (Wildman–Crippen LogP) is 2.19. The lowest BCUT2D eigenvalue weighted by Crippen LogP contribution is -2.00. The van der Waals surface area contributed by atoms with Gasteiger partial charge in [0, 0.05) is 24.8 Å². The first-order valence-electron chi connectivity index (χ1n) is 6.39. The van der Waals surface area contributed by atoms with Gasteiger partial charge in [0.25, 0.3) is 0 Å². The Hall–Kier alpha value is -2.53. The Morgan fingerprint density at radius 2 is 1.85 bits per heavy atom. The van der Waals surface area contributed by atoms with Crippen molar-refractivity contribution in [1.29, 1.82) is 0 Å². The minimum atomic E-state index is -0.436. The van der Waals surface area contributed by atoms with E-state index in [9.17, 15) is 4.79 Å². The average Bonchev–Trinajstić information content (AvgIpc) is 2.85. The normalized spacial score (nSPS) is 10.8. The van der Waals surface area contributed by atoms with Crippen molar-refractivity contribution < 1.29 is 4.42 Å². The van der Waals surface area contributed by atoms with Crippen molar-refractivity contribution in [2.75, 3.05) is 5.32 Å². The number of aromatic nitrogens is 1. The van der Waals surface area contributed by atoms with Crippen LogP contribution in [-0.2, 0) is 13.1 Å². The van der Waals surface area contributed by atoms with Gasteiger partial charge in [0.15, 0.2) is 5.58 Å². The fourth-order valence-electron chi connectivity index (χ4n) is 2.05. The number of benzene rings is 2. The van der Waals surface area contributed by atoms with Crippen LogP contribution in [0.5, 0.6) is 0 Å². The van der Waals surface area contributed by atoms with E-state index in [1.807, 2.05) is 42.5 Å². The third kappa shape index (κ3) is 2.57. The second-order valence-electron chi connectivity index (χ2n) is 4.60. The van der Waals surface area contributed by atoms with Crippen LogP contribution in [0.3, 0.4) is 0 Å². The number of fused-ring (bicyclic) bond motifs is 1. The Bertz CT molecular complexity index is 772. The van der Waals surface area contributed by atoms with Crippen LogP contribution in [0.15, 0.2) is 51.7 Å². The Balaban J connectivity index is 1.73. The third-order valence-corrected chi connectivity index (χ3v) is 3.18. The van der Waals surface area contributed by atoms with Crippen LogP contribution in [0.2, 0.25) is 0 Å². The number of anilines is 1. The zero-order chi connectivity index (χ0) is 13.9. The maximum Gasteiger partial charge on any atom is 0.417 e. The summed E-state index contributed by atoms with van der Waals surface area (Å²) in [5, 5.41) is 3.29. The zero-order valence-corrected chi connectivity index (χ0v) is 10.8. The molecular weight excluding hydrogens is 254 g/mol. The lowest BCUT2D eigenvalue weighted by Gasteiger charge is -2.07. The standard InChI is InChI=1S/C15H15N3O2/c16-8-10-1-3-11(4-2-10)9-17-12-5-6-13-14(7-12)20-15(19)18-13/h1-7,17H,8-9,16H2,(H,18,19). The largest absolute Gasteiger partial charge is 0.417 e. The molecule has 20 heavy (non-hydrogen) atoms. The molecule has 1 heterocycles. The van der Waals surface area contributed by atoms with Gasteiger partial charge in [-0.15, -0.1) is 0 Å². The quantitative estimate of drug-likeness (QED) is 0.678. The fourth-order valence-corrected chi connectivity index (χ4v) is 2.05. The van der Waals surface area contributed by atoms with Gasteiger partial charge >= 0.3 is 5.76 Å². The van der Waals surface area contributed by atoms with Gasteiger partial charge in [-0.25, -0.2) is 4.79 Å². The van der Waals surface area contributed by atoms with Crippen LogP contribution in [0.25, 0.3) is 11.1 Å². The van der Waals surface area contributed by atoms with Crippen LogP contribution in [0, 0.1) is 0 Å². The van der Waals surface area contributed by atoms with Gasteiger partial charge in [0.05, 0.1) is 5.52 Å². The number of hydrogen-bond acceptors (Lipinski definition) is 4. The van der Waals surface area contributed by atoms with Crippen LogP contribution >= 0.6 is 0 Å². The van der Waals surface area contributed by atoms with E-state index in [-0.39, 0.29) is 0 Å². The lowest BCUT2D eigenvalue weighted by molar-refractivity contribution is 0.555. The molecule has 0 bridgehead atoms. The van der Waals surface area contributed by atoms with E-state index in [0.29, 0.717) is 24.2 Å². The summed E-state index contributed by atoms with van der Waals surface area (Å²) in [7, 11) is 0. The SMILES string of the molecule is NCc1ccc(CNc2ccc3[nH]c(=O)oc3c2)cc1. The Morgan fingerprint density at radius 1 is 1.10 bits per heavy atom. The van der Waals surface area contributed by atoms with Crippen molar-refractivity contribution >= 4 is 16.8 Å². The van der Waals surface area contributed by atoms with Gasteiger partial charge in [-0.3, -0.25) is 4.98 Å². The number of hydrogen-bond donors (Lipinski definition) is 3. The minimum Gasteiger partial charge on any atom is -0.408 e. The summed E-state index contributed by atoms with van der Waals surface area (Å²) < 4.78 is 5.03. The molecule has 4 N–H and O–H groups in total. The first kappa shape index (κ1) is 12.5. The van der Waals surface area contributed by atoms with Crippen LogP contribution < -0.4 is 16.8 Å². The Labute approximate surface area is 115 Å². The number of rotatable bonds is 4. The number of nitrogens with two attached hydrogens (primary N) is 1. The number of aromatic amines is 1. The molecule has 0 atom stereocenters. The number of nitrogens with one attached hydrogen (secondary N) is 2. The summed E-state index contributed by atoms with van der Waals surface area (Å²) in [6.07, 6.45) is 0. The second kappa shape index (κ2) is 5.22. The van der Waals surface area contributed by atoms with Crippen LogP contribution in [0.4, 0.5) is 5.69 Å². The van der Waals surface area contributed by atoms with Crippen molar-refractivity contribution in [1.82, 2.24) is 4.98 Å². The predicted molar refractivity (Wildman–Crippen MR) is 78.5 cm³/mol. The van der Waals surface area contributed by atoms with Gasteiger partial charge < -0.3 is 15.5 Å². The fraction of sp³-hybridized carbons (Fsp3) is 0.133. The zero-order valence-electron chi connectivity index (χ0n) is 10.8. The first-order chi connectivity index (χ1) is 9.74. The van der Waals surface area contributed by atoms with Gasteiger partial charge in [0.2, 0.25) is 0 Å². The molecule has 0 fully saturated rings. The molecule has 1 aromatic heterocycles. The Morgan fingerprint density at radius 3 is 2.60 bits per heavy atom. The van der Waals surface area contributed by atoms with E-state index >= 15 is 0 Å². The molecule has 0 unspecified atom stereocenters. The summed E-state index contributed by atoms with van der Waals surface area (Å²) in [6, 6.07) is 13.7. The highest BCUT2D eigenvalue weighted by molar-refractivity contribution is 5.76. The molecule has 2 aromatic carbocycles. The molecule has 0 saturated carbocycles. The van der Waals surface area contributed by atoms with Crippen molar-refractivity contribution in [2.45, 2.75) is 13.1 Å². The van der Waals surface area contributed by atoms with Gasteiger partial charge in [-0.05, 0) is 23.3 Å². The molecule has 5 heteroatoms. The summed E-state index contributed by atoms with van der Waals surface area (Å²) in [5.74, 6) is -0.436. The lowest BCUT2D eigenvalue weighted by atomic mass is 10.1. The topological polar surface area (TPSA) is 84.0 Å². The van der Waals surface area contributed by atoms with Crippen LogP contribution in [-0.4, -0.2) is 4.98 Å². The molecule has 0 amide bonds. The maximum absolute atomic E-state index is 11.1. The number of oxazole rings is 1. The minimum absolute atomic E-state index is 0.436. The molecule has 3 rings (SSSR count). The molecule has 0 aliphatic carbocycles. The maximum atomic E-state index is 11.1. The third-order valence-electron chi connectivity index (χ3n) is 3.18. The molecule has 0 radical (unpaired) electrons. The molecule has 0 spiro atoms. The first-order valence-corrected chi connectivity index (χ1v) is 6.39. The number of H-pyrrole nitrogens is 1. The van der Waals surface area contributed by atoms with E-state index in [2.05, 4.69) is 10.3 Å². The van der Waals surface area contributed by atoms with E-state index in [0.717, 1.165) is 16.8 Å². The second-order valence-corrected chi connectivity index (χ2v) is 4.60. The molecule has 0 saturated heterocycles. The van der Waals surface area contributed by atoms with E-state index in [1.54, 1.807) is 0 Å². The van der Waals surface area contributed by atoms with Crippen molar-refractivity contribution in [3.8, 4) is 0 Å². The molecule has 102 valence electrons. The smallest absolute Gasteiger partial charge is 0.408 e. The average molecular weight is 269 g/mol.